The zero-order valence-corrected chi connectivity index (χ0v) is 12.2. The first-order valence-electron chi connectivity index (χ1n) is 7.18. The lowest BCUT2D eigenvalue weighted by molar-refractivity contribution is 0.388. The number of hydrogen-bond acceptors (Lipinski definition) is 3. The SMILES string of the molecule is CNC1CCCCCC1c1cc(OC)cc(OC)c1. The predicted octanol–water partition coefficient (Wildman–Crippen LogP) is 3.34. The van der Waals surface area contributed by atoms with Crippen LogP contribution in [-0.2, 0) is 0 Å². The molecule has 106 valence electrons. The quantitative estimate of drug-likeness (QED) is 0.845. The van der Waals surface area contributed by atoms with E-state index in [-0.39, 0.29) is 0 Å². The fraction of sp³-hybridized carbons (Fsp3) is 0.625. The van der Waals surface area contributed by atoms with Crippen molar-refractivity contribution in [3.63, 3.8) is 0 Å². The zero-order chi connectivity index (χ0) is 13.7. The Balaban J connectivity index is 2.31. The molecule has 3 nitrogen and oxygen atoms in total. The number of likely N-dealkylation sites (N-methyl/N-ethyl adjacent to an activating group) is 1. The Labute approximate surface area is 116 Å². The summed E-state index contributed by atoms with van der Waals surface area (Å²) in [5.41, 5.74) is 1.33. The highest BCUT2D eigenvalue weighted by Crippen LogP contribution is 2.35. The van der Waals surface area contributed by atoms with E-state index in [1.165, 1.54) is 37.7 Å². The minimum absolute atomic E-state index is 0.552. The lowest BCUT2D eigenvalue weighted by Crippen LogP contribution is -2.31. The van der Waals surface area contributed by atoms with Crippen molar-refractivity contribution in [2.75, 3.05) is 21.3 Å². The van der Waals surface area contributed by atoms with Gasteiger partial charge >= 0.3 is 0 Å². The molecule has 1 aromatic carbocycles. The Hall–Kier alpha value is -1.22. The van der Waals surface area contributed by atoms with Crippen LogP contribution in [0.15, 0.2) is 18.2 Å². The molecular weight excluding hydrogens is 238 g/mol. The Morgan fingerprint density at radius 2 is 1.58 bits per heavy atom. The normalized spacial score (nSPS) is 23.7. The Morgan fingerprint density at radius 3 is 2.16 bits per heavy atom. The van der Waals surface area contributed by atoms with E-state index in [9.17, 15) is 0 Å². The molecule has 1 N–H and O–H groups in total. The number of hydrogen-bond donors (Lipinski definition) is 1. The fourth-order valence-corrected chi connectivity index (χ4v) is 3.10. The standard InChI is InChI=1S/C16H25NO2/c1-17-16-8-6-4-5-7-15(16)12-9-13(18-2)11-14(10-12)19-3/h9-11,15-17H,4-8H2,1-3H3. The van der Waals surface area contributed by atoms with Crippen LogP contribution in [0.1, 0.15) is 43.6 Å². The van der Waals surface area contributed by atoms with Crippen LogP contribution in [0.2, 0.25) is 0 Å². The molecule has 0 spiro atoms. The van der Waals surface area contributed by atoms with Crippen molar-refractivity contribution in [3.8, 4) is 11.5 Å². The molecule has 0 amide bonds. The van der Waals surface area contributed by atoms with Crippen molar-refractivity contribution in [1.82, 2.24) is 5.32 Å². The lowest BCUT2D eigenvalue weighted by atomic mass is 9.87. The number of nitrogens with one attached hydrogen (secondary N) is 1. The average molecular weight is 263 g/mol. The summed E-state index contributed by atoms with van der Waals surface area (Å²) in [6.07, 6.45) is 6.46. The summed E-state index contributed by atoms with van der Waals surface area (Å²) in [4.78, 5) is 0. The topological polar surface area (TPSA) is 30.5 Å². The maximum Gasteiger partial charge on any atom is 0.122 e. The number of rotatable bonds is 4. The summed E-state index contributed by atoms with van der Waals surface area (Å²) in [5, 5.41) is 3.49. The van der Waals surface area contributed by atoms with Gasteiger partial charge in [-0.3, -0.25) is 0 Å². The number of ether oxygens (including phenoxy) is 2. The summed E-state index contributed by atoms with van der Waals surface area (Å²) in [6.45, 7) is 0. The maximum atomic E-state index is 5.39. The van der Waals surface area contributed by atoms with E-state index in [2.05, 4.69) is 24.5 Å². The number of methoxy groups -OCH3 is 2. The number of benzene rings is 1. The second-order valence-electron chi connectivity index (χ2n) is 5.29. The molecule has 0 aliphatic heterocycles. The van der Waals surface area contributed by atoms with Crippen LogP contribution in [0.3, 0.4) is 0 Å². The third-order valence-corrected chi connectivity index (χ3v) is 4.19. The van der Waals surface area contributed by atoms with Gasteiger partial charge in [-0.15, -0.1) is 0 Å². The largest absolute Gasteiger partial charge is 0.497 e. The van der Waals surface area contributed by atoms with Gasteiger partial charge in [-0.1, -0.05) is 19.3 Å². The van der Waals surface area contributed by atoms with Crippen molar-refractivity contribution in [2.24, 2.45) is 0 Å². The van der Waals surface area contributed by atoms with Crippen molar-refractivity contribution in [1.29, 1.82) is 0 Å². The van der Waals surface area contributed by atoms with Gasteiger partial charge < -0.3 is 14.8 Å². The predicted molar refractivity (Wildman–Crippen MR) is 78.2 cm³/mol. The van der Waals surface area contributed by atoms with Gasteiger partial charge in [0.05, 0.1) is 14.2 Å². The first kappa shape index (κ1) is 14.2. The molecule has 1 fully saturated rings. The van der Waals surface area contributed by atoms with Gasteiger partial charge in [0, 0.05) is 12.1 Å². The summed E-state index contributed by atoms with van der Waals surface area (Å²) >= 11 is 0. The molecular formula is C16H25NO2. The van der Waals surface area contributed by atoms with Crippen LogP contribution in [0.5, 0.6) is 11.5 Å². The molecule has 0 heterocycles. The lowest BCUT2D eigenvalue weighted by Gasteiger charge is -2.26. The molecule has 0 radical (unpaired) electrons. The Kier molecular flexibility index (Phi) is 5.08. The summed E-state index contributed by atoms with van der Waals surface area (Å²) in [5.74, 6) is 2.32. The molecule has 0 saturated heterocycles. The van der Waals surface area contributed by atoms with Crippen LogP contribution in [0, 0.1) is 0 Å². The highest BCUT2D eigenvalue weighted by Gasteiger charge is 2.24. The van der Waals surface area contributed by atoms with E-state index in [0.717, 1.165) is 11.5 Å². The minimum atomic E-state index is 0.552. The summed E-state index contributed by atoms with van der Waals surface area (Å²) in [7, 11) is 5.49. The Bertz CT molecular complexity index is 383. The van der Waals surface area contributed by atoms with Gasteiger partial charge in [0.2, 0.25) is 0 Å². The fourth-order valence-electron chi connectivity index (χ4n) is 3.10. The molecule has 2 unspecified atom stereocenters. The smallest absolute Gasteiger partial charge is 0.122 e. The molecule has 2 atom stereocenters. The van der Waals surface area contributed by atoms with Crippen molar-refractivity contribution in [3.05, 3.63) is 23.8 Å². The van der Waals surface area contributed by atoms with Crippen LogP contribution >= 0.6 is 0 Å². The van der Waals surface area contributed by atoms with E-state index in [1.807, 2.05) is 6.07 Å². The monoisotopic (exact) mass is 263 g/mol. The first-order valence-corrected chi connectivity index (χ1v) is 7.18. The molecule has 19 heavy (non-hydrogen) atoms. The molecule has 1 aliphatic carbocycles. The first-order chi connectivity index (χ1) is 9.28. The summed E-state index contributed by atoms with van der Waals surface area (Å²) < 4.78 is 10.8. The van der Waals surface area contributed by atoms with E-state index in [1.54, 1.807) is 14.2 Å². The molecule has 1 aromatic rings. The van der Waals surface area contributed by atoms with E-state index in [0.29, 0.717) is 12.0 Å². The van der Waals surface area contributed by atoms with E-state index >= 15 is 0 Å². The Morgan fingerprint density at radius 1 is 0.947 bits per heavy atom. The molecule has 0 bridgehead atoms. The molecule has 0 aromatic heterocycles. The van der Waals surface area contributed by atoms with Gasteiger partial charge in [-0.25, -0.2) is 0 Å². The second kappa shape index (κ2) is 6.80. The molecule has 1 saturated carbocycles. The van der Waals surface area contributed by atoms with Crippen LogP contribution in [0.4, 0.5) is 0 Å². The maximum absolute atomic E-state index is 5.39. The molecule has 3 heteroatoms. The van der Waals surface area contributed by atoms with Gasteiger partial charge in [0.15, 0.2) is 0 Å². The average Bonchev–Trinajstić information content (AvgIpc) is 2.71. The minimum Gasteiger partial charge on any atom is -0.497 e. The van der Waals surface area contributed by atoms with Gasteiger partial charge in [-0.2, -0.15) is 0 Å². The zero-order valence-electron chi connectivity index (χ0n) is 12.2. The van der Waals surface area contributed by atoms with E-state index < -0.39 is 0 Å². The van der Waals surface area contributed by atoms with Gasteiger partial charge in [-0.05, 0) is 43.5 Å². The molecule has 1 aliphatic rings. The van der Waals surface area contributed by atoms with Crippen LogP contribution < -0.4 is 14.8 Å². The molecule has 2 rings (SSSR count). The van der Waals surface area contributed by atoms with Crippen molar-refractivity contribution in [2.45, 2.75) is 44.1 Å². The second-order valence-corrected chi connectivity index (χ2v) is 5.29. The van der Waals surface area contributed by atoms with Crippen molar-refractivity contribution >= 4 is 0 Å². The third-order valence-electron chi connectivity index (χ3n) is 4.19. The highest BCUT2D eigenvalue weighted by molar-refractivity contribution is 5.40. The van der Waals surface area contributed by atoms with Gasteiger partial charge in [0.1, 0.15) is 11.5 Å². The highest BCUT2D eigenvalue weighted by atomic mass is 16.5. The summed E-state index contributed by atoms with van der Waals surface area (Å²) in [6, 6.07) is 6.81. The van der Waals surface area contributed by atoms with Crippen molar-refractivity contribution < 1.29 is 9.47 Å². The van der Waals surface area contributed by atoms with Gasteiger partial charge in [0.25, 0.3) is 0 Å². The van der Waals surface area contributed by atoms with E-state index in [4.69, 9.17) is 9.47 Å². The third kappa shape index (κ3) is 3.41. The van der Waals surface area contributed by atoms with Crippen LogP contribution in [0.25, 0.3) is 0 Å². The van der Waals surface area contributed by atoms with Crippen LogP contribution in [-0.4, -0.2) is 27.3 Å².